The van der Waals surface area contributed by atoms with Crippen LogP contribution in [0.3, 0.4) is 0 Å². The lowest BCUT2D eigenvalue weighted by Gasteiger charge is -2.14. The number of sulfonamides is 1. The maximum absolute atomic E-state index is 12.2. The fourth-order valence-electron chi connectivity index (χ4n) is 2.34. The largest absolute Gasteiger partial charge is 0.449 e. The Morgan fingerprint density at radius 2 is 1.72 bits per heavy atom. The quantitative estimate of drug-likeness (QED) is 0.483. The van der Waals surface area contributed by atoms with E-state index in [2.05, 4.69) is 16.6 Å². The first-order valence-corrected chi connectivity index (χ1v) is 10.5. The SMILES string of the molecule is C=CCNS(=O)(=O)c1ccc(C(=O)O[C@H](C)C(=O)NCc2ccc(C)cc2)cc1. The van der Waals surface area contributed by atoms with E-state index in [1.165, 1.54) is 37.3 Å². The van der Waals surface area contributed by atoms with Crippen molar-refractivity contribution in [2.75, 3.05) is 6.54 Å². The highest BCUT2D eigenvalue weighted by molar-refractivity contribution is 7.89. The normalized spacial score (nSPS) is 12.1. The van der Waals surface area contributed by atoms with E-state index in [0.29, 0.717) is 6.54 Å². The fourth-order valence-corrected chi connectivity index (χ4v) is 3.34. The average molecular weight is 416 g/mol. The Morgan fingerprint density at radius 1 is 1.10 bits per heavy atom. The second kappa shape index (κ2) is 9.99. The van der Waals surface area contributed by atoms with Crippen LogP contribution in [-0.4, -0.2) is 32.9 Å². The number of amides is 1. The van der Waals surface area contributed by atoms with Crippen LogP contribution < -0.4 is 10.0 Å². The molecule has 0 heterocycles. The van der Waals surface area contributed by atoms with Crippen LogP contribution in [0.15, 0.2) is 66.1 Å². The highest BCUT2D eigenvalue weighted by Crippen LogP contribution is 2.12. The van der Waals surface area contributed by atoms with Crippen molar-refractivity contribution in [2.45, 2.75) is 31.4 Å². The maximum Gasteiger partial charge on any atom is 0.338 e. The molecule has 0 aliphatic heterocycles. The van der Waals surface area contributed by atoms with E-state index in [1.54, 1.807) is 0 Å². The van der Waals surface area contributed by atoms with Gasteiger partial charge in [0.1, 0.15) is 0 Å². The molecule has 0 fully saturated rings. The Kier molecular flexibility index (Phi) is 7.69. The van der Waals surface area contributed by atoms with Gasteiger partial charge in [0, 0.05) is 13.1 Å². The number of benzene rings is 2. The van der Waals surface area contributed by atoms with E-state index in [9.17, 15) is 18.0 Å². The molecule has 0 aliphatic rings. The van der Waals surface area contributed by atoms with Gasteiger partial charge >= 0.3 is 5.97 Å². The summed E-state index contributed by atoms with van der Waals surface area (Å²) < 4.78 is 31.5. The van der Waals surface area contributed by atoms with Crippen LogP contribution in [0, 0.1) is 6.92 Å². The molecule has 154 valence electrons. The van der Waals surface area contributed by atoms with Gasteiger partial charge in [0.2, 0.25) is 10.0 Å². The van der Waals surface area contributed by atoms with Crippen LogP contribution in [0.1, 0.15) is 28.4 Å². The highest BCUT2D eigenvalue weighted by atomic mass is 32.2. The van der Waals surface area contributed by atoms with Crippen molar-refractivity contribution in [3.8, 4) is 0 Å². The molecule has 0 saturated carbocycles. The molecule has 0 bridgehead atoms. The predicted molar refractivity (Wildman–Crippen MR) is 110 cm³/mol. The number of ether oxygens (including phenoxy) is 1. The van der Waals surface area contributed by atoms with E-state index in [4.69, 9.17) is 4.74 Å². The van der Waals surface area contributed by atoms with Crippen molar-refractivity contribution in [1.29, 1.82) is 0 Å². The summed E-state index contributed by atoms with van der Waals surface area (Å²) in [6, 6.07) is 13.0. The molecule has 0 radical (unpaired) electrons. The van der Waals surface area contributed by atoms with Crippen molar-refractivity contribution in [1.82, 2.24) is 10.0 Å². The minimum absolute atomic E-state index is 0.0137. The molecule has 8 heteroatoms. The predicted octanol–water partition coefficient (Wildman–Crippen LogP) is 2.32. The number of hydrogen-bond donors (Lipinski definition) is 2. The van der Waals surface area contributed by atoms with Crippen LogP contribution in [-0.2, 0) is 26.1 Å². The Morgan fingerprint density at radius 3 is 2.31 bits per heavy atom. The summed E-state index contributed by atoms with van der Waals surface area (Å²) in [4.78, 5) is 24.4. The van der Waals surface area contributed by atoms with Crippen molar-refractivity contribution in [3.63, 3.8) is 0 Å². The van der Waals surface area contributed by atoms with Gasteiger partial charge < -0.3 is 10.1 Å². The van der Waals surface area contributed by atoms with Gasteiger partial charge in [-0.2, -0.15) is 0 Å². The minimum Gasteiger partial charge on any atom is -0.449 e. The number of rotatable bonds is 9. The summed E-state index contributed by atoms with van der Waals surface area (Å²) in [5.74, 6) is -1.14. The first kappa shape index (κ1) is 22.3. The smallest absolute Gasteiger partial charge is 0.338 e. The lowest BCUT2D eigenvalue weighted by atomic mass is 10.1. The molecule has 2 N–H and O–H groups in total. The van der Waals surface area contributed by atoms with Crippen molar-refractivity contribution in [2.24, 2.45) is 0 Å². The molecule has 7 nitrogen and oxygen atoms in total. The molecule has 2 aromatic rings. The van der Waals surface area contributed by atoms with Gasteiger partial charge in [-0.25, -0.2) is 17.9 Å². The first-order valence-electron chi connectivity index (χ1n) is 8.98. The topological polar surface area (TPSA) is 102 Å². The molecule has 1 atom stereocenters. The Hall–Kier alpha value is -2.97. The van der Waals surface area contributed by atoms with Crippen LogP contribution in [0.2, 0.25) is 0 Å². The molecular weight excluding hydrogens is 392 g/mol. The van der Waals surface area contributed by atoms with E-state index < -0.39 is 28.0 Å². The van der Waals surface area contributed by atoms with Crippen LogP contribution in [0.5, 0.6) is 0 Å². The Bertz CT molecular complexity index is 967. The second-order valence-corrected chi connectivity index (χ2v) is 8.18. The number of carbonyl (C=O) groups is 2. The summed E-state index contributed by atoms with van der Waals surface area (Å²) in [6.07, 6.45) is 0.430. The molecule has 1 amide bonds. The van der Waals surface area contributed by atoms with Crippen molar-refractivity contribution >= 4 is 21.9 Å². The second-order valence-electron chi connectivity index (χ2n) is 6.42. The van der Waals surface area contributed by atoms with E-state index >= 15 is 0 Å². The zero-order valence-corrected chi connectivity index (χ0v) is 17.2. The third kappa shape index (κ3) is 6.55. The van der Waals surface area contributed by atoms with Crippen LogP contribution in [0.25, 0.3) is 0 Å². The van der Waals surface area contributed by atoms with E-state index in [-0.39, 0.29) is 17.0 Å². The third-order valence-electron chi connectivity index (χ3n) is 4.06. The highest BCUT2D eigenvalue weighted by Gasteiger charge is 2.20. The Labute approximate surface area is 170 Å². The van der Waals surface area contributed by atoms with Gasteiger partial charge in [-0.15, -0.1) is 6.58 Å². The monoisotopic (exact) mass is 416 g/mol. The number of hydrogen-bond acceptors (Lipinski definition) is 5. The molecule has 0 aromatic heterocycles. The fraction of sp³-hybridized carbons (Fsp3) is 0.238. The van der Waals surface area contributed by atoms with Gasteiger partial charge in [-0.05, 0) is 43.7 Å². The lowest BCUT2D eigenvalue weighted by molar-refractivity contribution is -0.129. The lowest BCUT2D eigenvalue weighted by Crippen LogP contribution is -2.35. The van der Waals surface area contributed by atoms with Gasteiger partial charge in [0.25, 0.3) is 5.91 Å². The van der Waals surface area contributed by atoms with E-state index in [1.807, 2.05) is 31.2 Å². The summed E-state index contributed by atoms with van der Waals surface area (Å²) in [6.45, 7) is 7.32. The molecule has 0 spiro atoms. The zero-order chi connectivity index (χ0) is 21.4. The number of esters is 1. The van der Waals surface area contributed by atoms with Crippen LogP contribution in [0.4, 0.5) is 0 Å². The summed E-state index contributed by atoms with van der Waals surface area (Å²) >= 11 is 0. The third-order valence-corrected chi connectivity index (χ3v) is 5.50. The van der Waals surface area contributed by atoms with Gasteiger partial charge in [-0.1, -0.05) is 35.9 Å². The molecule has 29 heavy (non-hydrogen) atoms. The van der Waals surface area contributed by atoms with Gasteiger partial charge in [-0.3, -0.25) is 4.79 Å². The first-order chi connectivity index (χ1) is 13.7. The molecule has 0 unspecified atom stereocenters. The average Bonchev–Trinajstić information content (AvgIpc) is 2.71. The molecule has 0 saturated heterocycles. The zero-order valence-electron chi connectivity index (χ0n) is 16.3. The summed E-state index contributed by atoms with van der Waals surface area (Å²) in [5.41, 5.74) is 2.20. The Balaban J connectivity index is 1.92. The summed E-state index contributed by atoms with van der Waals surface area (Å²) in [5, 5.41) is 2.71. The molecule has 2 rings (SSSR count). The molecule has 0 aliphatic carbocycles. The van der Waals surface area contributed by atoms with Gasteiger partial charge in [0.05, 0.1) is 10.5 Å². The summed E-state index contributed by atoms with van der Waals surface area (Å²) in [7, 11) is -3.68. The van der Waals surface area contributed by atoms with Crippen molar-refractivity contribution in [3.05, 3.63) is 77.9 Å². The number of carbonyl (C=O) groups excluding carboxylic acids is 2. The van der Waals surface area contributed by atoms with E-state index in [0.717, 1.165) is 11.1 Å². The standard InChI is InChI=1S/C21H24N2O5S/c1-4-13-23-29(26,27)19-11-9-18(10-12-19)21(25)28-16(3)20(24)22-14-17-7-5-15(2)6-8-17/h4-12,16,23H,1,13-14H2,2-3H3,(H,22,24)/t16-/m1/s1. The minimum atomic E-state index is -3.68. The van der Waals surface area contributed by atoms with Crippen LogP contribution >= 0.6 is 0 Å². The van der Waals surface area contributed by atoms with Gasteiger partial charge in [0.15, 0.2) is 6.10 Å². The number of aryl methyl sites for hydroxylation is 1. The molecular formula is C21H24N2O5S. The maximum atomic E-state index is 12.2. The number of nitrogens with one attached hydrogen (secondary N) is 2. The van der Waals surface area contributed by atoms with Crippen molar-refractivity contribution < 1.29 is 22.7 Å². The molecule has 2 aromatic carbocycles.